The molecule has 5 heteroatoms. The Balaban J connectivity index is 2.31. The maximum atomic E-state index is 12.5. The number of hydrogen-bond donors (Lipinski definition) is 1. The number of carbonyl (C=O) groups is 1. The highest BCUT2D eigenvalue weighted by Crippen LogP contribution is 2.17. The van der Waals surface area contributed by atoms with E-state index in [4.69, 9.17) is 0 Å². The predicted octanol–water partition coefficient (Wildman–Crippen LogP) is 2.49. The molecule has 1 aromatic carbocycles. The Hall–Kier alpha value is -2.43. The van der Waals surface area contributed by atoms with Crippen molar-refractivity contribution in [3.05, 3.63) is 47.9 Å². The van der Waals surface area contributed by atoms with E-state index < -0.39 is 0 Å². The molecule has 1 amide bonds. The van der Waals surface area contributed by atoms with Crippen molar-refractivity contribution < 1.29 is 4.79 Å². The highest BCUT2D eigenvalue weighted by Gasteiger charge is 2.18. The minimum absolute atomic E-state index is 0.152. The topological polar surface area (TPSA) is 58.1 Å². The number of nitrogens with one attached hydrogen (secondary N) is 1. The molecule has 0 spiro atoms. The van der Waals surface area contributed by atoms with Gasteiger partial charge in [-0.3, -0.25) is 9.78 Å². The molecule has 0 fully saturated rings. The summed E-state index contributed by atoms with van der Waals surface area (Å²) in [4.78, 5) is 22.5. The maximum absolute atomic E-state index is 12.5. The van der Waals surface area contributed by atoms with Gasteiger partial charge in [0, 0.05) is 19.3 Å². The first kappa shape index (κ1) is 14.0. The van der Waals surface area contributed by atoms with Crippen LogP contribution >= 0.6 is 0 Å². The quantitative estimate of drug-likeness (QED) is 0.927. The first-order chi connectivity index (χ1) is 9.65. The standard InChI is InChI=1S/C15H18N4O/c1-4-19(12-7-5-11(2)6-8-12)15(20)13-9-17-10-14(16-3)18-13/h5-10H,4H2,1-3H3,(H,16,18). The molecular weight excluding hydrogens is 252 g/mol. The molecule has 5 nitrogen and oxygen atoms in total. The molecule has 0 radical (unpaired) electrons. The van der Waals surface area contributed by atoms with Gasteiger partial charge >= 0.3 is 0 Å². The Morgan fingerprint density at radius 3 is 2.55 bits per heavy atom. The summed E-state index contributed by atoms with van der Waals surface area (Å²) >= 11 is 0. The average molecular weight is 270 g/mol. The number of amides is 1. The van der Waals surface area contributed by atoms with Gasteiger partial charge in [-0.05, 0) is 26.0 Å². The van der Waals surface area contributed by atoms with Crippen LogP contribution in [0.3, 0.4) is 0 Å². The van der Waals surface area contributed by atoms with E-state index in [1.54, 1.807) is 18.1 Å². The average Bonchev–Trinajstić information content (AvgIpc) is 2.50. The minimum atomic E-state index is -0.152. The minimum Gasteiger partial charge on any atom is -0.372 e. The molecule has 0 bridgehead atoms. The Morgan fingerprint density at radius 1 is 1.25 bits per heavy atom. The van der Waals surface area contributed by atoms with Gasteiger partial charge in [-0.15, -0.1) is 0 Å². The molecule has 2 aromatic rings. The van der Waals surface area contributed by atoms with Gasteiger partial charge in [0.2, 0.25) is 0 Å². The van der Waals surface area contributed by atoms with Gasteiger partial charge in [0.1, 0.15) is 11.5 Å². The largest absolute Gasteiger partial charge is 0.372 e. The molecule has 104 valence electrons. The van der Waals surface area contributed by atoms with Crippen LogP contribution < -0.4 is 10.2 Å². The fourth-order valence-corrected chi connectivity index (χ4v) is 1.90. The molecule has 0 atom stereocenters. The Labute approximate surface area is 118 Å². The molecule has 0 saturated carbocycles. The number of aryl methyl sites for hydroxylation is 1. The molecule has 2 rings (SSSR count). The summed E-state index contributed by atoms with van der Waals surface area (Å²) in [7, 11) is 1.75. The lowest BCUT2D eigenvalue weighted by atomic mass is 10.2. The fourth-order valence-electron chi connectivity index (χ4n) is 1.90. The first-order valence-electron chi connectivity index (χ1n) is 6.54. The number of carbonyl (C=O) groups excluding carboxylic acids is 1. The number of nitrogens with zero attached hydrogens (tertiary/aromatic N) is 3. The zero-order chi connectivity index (χ0) is 14.5. The molecule has 0 aliphatic rings. The van der Waals surface area contributed by atoms with Crippen molar-refractivity contribution in [2.45, 2.75) is 13.8 Å². The van der Waals surface area contributed by atoms with Gasteiger partial charge in [-0.25, -0.2) is 4.98 Å². The van der Waals surface area contributed by atoms with Crippen LogP contribution in [0.25, 0.3) is 0 Å². The summed E-state index contributed by atoms with van der Waals surface area (Å²) in [6, 6.07) is 7.85. The fraction of sp³-hybridized carbons (Fsp3) is 0.267. The van der Waals surface area contributed by atoms with Gasteiger partial charge < -0.3 is 10.2 Å². The molecule has 1 aromatic heterocycles. The summed E-state index contributed by atoms with van der Waals surface area (Å²) in [6.07, 6.45) is 3.07. The van der Waals surface area contributed by atoms with Crippen LogP contribution in [0.4, 0.5) is 11.5 Å². The molecule has 20 heavy (non-hydrogen) atoms. The van der Waals surface area contributed by atoms with Gasteiger partial charge in [0.15, 0.2) is 0 Å². The zero-order valence-corrected chi connectivity index (χ0v) is 11.9. The van der Waals surface area contributed by atoms with Gasteiger partial charge in [-0.1, -0.05) is 17.7 Å². The van der Waals surface area contributed by atoms with Crippen molar-refractivity contribution >= 4 is 17.4 Å². The normalized spacial score (nSPS) is 10.2. The van der Waals surface area contributed by atoms with Crippen LogP contribution in [0.2, 0.25) is 0 Å². The second-order valence-corrected chi connectivity index (χ2v) is 4.42. The Morgan fingerprint density at radius 2 is 1.95 bits per heavy atom. The van der Waals surface area contributed by atoms with Crippen LogP contribution in [0.1, 0.15) is 23.0 Å². The third-order valence-electron chi connectivity index (χ3n) is 3.02. The van der Waals surface area contributed by atoms with Crippen LogP contribution in [0.5, 0.6) is 0 Å². The molecule has 0 saturated heterocycles. The maximum Gasteiger partial charge on any atom is 0.278 e. The molecule has 0 aliphatic heterocycles. The van der Waals surface area contributed by atoms with Gasteiger partial charge in [0.25, 0.3) is 5.91 Å². The lowest BCUT2D eigenvalue weighted by molar-refractivity contribution is 0.0983. The number of hydrogen-bond acceptors (Lipinski definition) is 4. The number of anilines is 2. The highest BCUT2D eigenvalue weighted by atomic mass is 16.2. The second-order valence-electron chi connectivity index (χ2n) is 4.42. The molecule has 0 unspecified atom stereocenters. The zero-order valence-electron chi connectivity index (χ0n) is 11.9. The van der Waals surface area contributed by atoms with E-state index in [0.717, 1.165) is 11.3 Å². The SMILES string of the molecule is CCN(C(=O)c1cncc(NC)n1)c1ccc(C)cc1. The Kier molecular flexibility index (Phi) is 4.30. The third kappa shape index (κ3) is 2.93. The first-order valence-corrected chi connectivity index (χ1v) is 6.54. The van der Waals surface area contributed by atoms with E-state index >= 15 is 0 Å². The lowest BCUT2D eigenvalue weighted by Crippen LogP contribution is -2.31. The van der Waals surface area contributed by atoms with Crippen LogP contribution in [0.15, 0.2) is 36.7 Å². The lowest BCUT2D eigenvalue weighted by Gasteiger charge is -2.20. The molecule has 0 aliphatic carbocycles. The molecule has 1 heterocycles. The summed E-state index contributed by atoms with van der Waals surface area (Å²) in [6.45, 7) is 4.53. The van der Waals surface area contributed by atoms with E-state index in [1.165, 1.54) is 6.20 Å². The predicted molar refractivity (Wildman–Crippen MR) is 80.1 cm³/mol. The smallest absolute Gasteiger partial charge is 0.278 e. The summed E-state index contributed by atoms with van der Waals surface area (Å²) in [5.74, 6) is 0.428. The third-order valence-corrected chi connectivity index (χ3v) is 3.02. The van der Waals surface area contributed by atoms with Gasteiger partial charge in [-0.2, -0.15) is 0 Å². The molecule has 1 N–H and O–H groups in total. The second kappa shape index (κ2) is 6.14. The highest BCUT2D eigenvalue weighted by molar-refractivity contribution is 6.04. The van der Waals surface area contributed by atoms with Crippen LogP contribution in [-0.2, 0) is 0 Å². The van der Waals surface area contributed by atoms with Crippen molar-refractivity contribution in [3.8, 4) is 0 Å². The van der Waals surface area contributed by atoms with E-state index in [-0.39, 0.29) is 5.91 Å². The van der Waals surface area contributed by atoms with Crippen molar-refractivity contribution in [2.75, 3.05) is 23.8 Å². The number of rotatable bonds is 4. The number of aromatic nitrogens is 2. The number of benzene rings is 1. The van der Waals surface area contributed by atoms with E-state index in [2.05, 4.69) is 15.3 Å². The van der Waals surface area contributed by atoms with Gasteiger partial charge in [0.05, 0.1) is 12.4 Å². The van der Waals surface area contributed by atoms with Crippen molar-refractivity contribution in [3.63, 3.8) is 0 Å². The van der Waals surface area contributed by atoms with Crippen LogP contribution in [-0.4, -0.2) is 29.5 Å². The van der Waals surface area contributed by atoms with Crippen molar-refractivity contribution in [2.24, 2.45) is 0 Å². The monoisotopic (exact) mass is 270 g/mol. The van der Waals surface area contributed by atoms with Crippen molar-refractivity contribution in [1.82, 2.24) is 9.97 Å². The Bertz CT molecular complexity index is 595. The van der Waals surface area contributed by atoms with E-state index in [0.29, 0.717) is 18.1 Å². The van der Waals surface area contributed by atoms with E-state index in [1.807, 2.05) is 38.1 Å². The molecular formula is C15H18N4O. The van der Waals surface area contributed by atoms with Crippen molar-refractivity contribution in [1.29, 1.82) is 0 Å². The summed E-state index contributed by atoms with van der Waals surface area (Å²) < 4.78 is 0. The van der Waals surface area contributed by atoms with E-state index in [9.17, 15) is 4.79 Å². The summed E-state index contributed by atoms with van der Waals surface area (Å²) in [5, 5.41) is 2.88. The summed E-state index contributed by atoms with van der Waals surface area (Å²) in [5.41, 5.74) is 2.35. The van der Waals surface area contributed by atoms with Crippen LogP contribution in [0, 0.1) is 6.92 Å².